The van der Waals surface area contributed by atoms with E-state index in [1.807, 2.05) is 0 Å². The molecule has 0 atom stereocenters. The van der Waals surface area contributed by atoms with Gasteiger partial charge >= 0.3 is 6.03 Å². The summed E-state index contributed by atoms with van der Waals surface area (Å²) in [5.74, 6) is -0.163. The number of urea groups is 1. The molecule has 0 bridgehead atoms. The number of amides is 3. The lowest BCUT2D eigenvalue weighted by atomic mass is 10.2. The van der Waals surface area contributed by atoms with Gasteiger partial charge in [-0.3, -0.25) is 9.89 Å². The van der Waals surface area contributed by atoms with Crippen molar-refractivity contribution in [1.82, 2.24) is 15.1 Å². The molecule has 1 fully saturated rings. The molecule has 2 heterocycles. The molecular formula is C13H12N4O3. The fraction of sp³-hybridized carbons (Fsp3) is 0.154. The minimum Gasteiger partial charge on any atom is -0.508 e. The summed E-state index contributed by atoms with van der Waals surface area (Å²) in [7, 11) is 0. The molecule has 7 nitrogen and oxygen atoms in total. The number of benzene rings is 1. The van der Waals surface area contributed by atoms with Crippen molar-refractivity contribution >= 4 is 17.6 Å². The van der Waals surface area contributed by atoms with E-state index in [9.17, 15) is 14.7 Å². The number of nitrogens with one attached hydrogen (secondary N) is 1. The van der Waals surface area contributed by atoms with Crippen molar-refractivity contribution in [3.63, 3.8) is 0 Å². The summed E-state index contributed by atoms with van der Waals surface area (Å²) in [6, 6.07) is 6.22. The highest BCUT2D eigenvalue weighted by Crippen LogP contribution is 2.22. The molecule has 3 rings (SSSR count). The second kappa shape index (κ2) is 4.69. The highest BCUT2D eigenvalue weighted by Gasteiger charge is 2.37. The summed E-state index contributed by atoms with van der Waals surface area (Å²) in [4.78, 5) is 26.7. The lowest BCUT2D eigenvalue weighted by Crippen LogP contribution is -2.32. The van der Waals surface area contributed by atoms with Crippen LogP contribution in [-0.4, -0.2) is 38.7 Å². The molecular weight excluding hydrogens is 260 g/mol. The number of aromatic hydroxyl groups is 1. The third-order valence-corrected chi connectivity index (χ3v) is 3.06. The Morgan fingerprint density at radius 1 is 1.35 bits per heavy atom. The molecule has 1 aromatic carbocycles. The number of aromatic amines is 1. The standard InChI is InChI=1S/C13H12N4O3/c18-11-3-1-2-9(4-11)7-16-8-12(19)17(13(16)20)10-5-14-15-6-10/h1-6,18H,7-8H2,(H,14,15). The summed E-state index contributed by atoms with van der Waals surface area (Å²) in [6.07, 6.45) is 2.92. The van der Waals surface area contributed by atoms with Crippen LogP contribution in [0.2, 0.25) is 0 Å². The van der Waals surface area contributed by atoms with Gasteiger partial charge in [-0.05, 0) is 17.7 Å². The molecule has 2 N–H and O–H groups in total. The van der Waals surface area contributed by atoms with E-state index in [1.54, 1.807) is 24.3 Å². The van der Waals surface area contributed by atoms with Gasteiger partial charge in [-0.15, -0.1) is 0 Å². The number of phenolic OH excluding ortho intramolecular Hbond substituents is 1. The average molecular weight is 272 g/mol. The van der Waals surface area contributed by atoms with Gasteiger partial charge in [0, 0.05) is 12.7 Å². The number of phenols is 1. The molecule has 3 amide bonds. The zero-order valence-electron chi connectivity index (χ0n) is 10.5. The second-order valence-electron chi connectivity index (χ2n) is 4.49. The first-order valence-corrected chi connectivity index (χ1v) is 6.04. The maximum atomic E-state index is 12.2. The number of anilines is 1. The summed E-state index contributed by atoms with van der Waals surface area (Å²) >= 11 is 0. The van der Waals surface area contributed by atoms with Gasteiger partial charge in [0.15, 0.2) is 0 Å². The summed E-state index contributed by atoms with van der Waals surface area (Å²) in [5, 5.41) is 15.7. The number of H-pyrrole nitrogens is 1. The number of aromatic nitrogens is 2. The lowest BCUT2D eigenvalue weighted by Gasteiger charge is -2.16. The molecule has 0 radical (unpaired) electrons. The van der Waals surface area contributed by atoms with Gasteiger partial charge < -0.3 is 10.0 Å². The predicted molar refractivity (Wildman–Crippen MR) is 70.0 cm³/mol. The van der Waals surface area contributed by atoms with Crippen LogP contribution in [-0.2, 0) is 11.3 Å². The molecule has 1 aliphatic rings. The van der Waals surface area contributed by atoms with Crippen molar-refractivity contribution in [2.24, 2.45) is 0 Å². The fourth-order valence-electron chi connectivity index (χ4n) is 2.17. The van der Waals surface area contributed by atoms with E-state index in [0.29, 0.717) is 5.69 Å². The van der Waals surface area contributed by atoms with Crippen molar-refractivity contribution in [2.75, 3.05) is 11.4 Å². The smallest absolute Gasteiger partial charge is 0.332 e. The van der Waals surface area contributed by atoms with Crippen molar-refractivity contribution in [3.8, 4) is 5.75 Å². The molecule has 0 aliphatic carbocycles. The summed E-state index contributed by atoms with van der Waals surface area (Å²) in [5.41, 5.74) is 1.19. The van der Waals surface area contributed by atoms with Crippen molar-refractivity contribution in [2.45, 2.75) is 6.54 Å². The number of carbonyl (C=O) groups excluding carboxylic acids is 2. The van der Waals surface area contributed by atoms with Crippen LogP contribution in [0.1, 0.15) is 5.56 Å². The van der Waals surface area contributed by atoms with E-state index < -0.39 is 0 Å². The minimum absolute atomic E-state index is 0.0136. The van der Waals surface area contributed by atoms with Crippen LogP contribution in [0.25, 0.3) is 0 Å². The Balaban J connectivity index is 1.80. The third-order valence-electron chi connectivity index (χ3n) is 3.06. The van der Waals surface area contributed by atoms with E-state index in [2.05, 4.69) is 10.2 Å². The van der Waals surface area contributed by atoms with Gasteiger partial charge in [0.1, 0.15) is 12.3 Å². The van der Waals surface area contributed by atoms with Crippen LogP contribution in [0.3, 0.4) is 0 Å². The zero-order chi connectivity index (χ0) is 14.1. The molecule has 1 saturated heterocycles. The molecule has 1 aliphatic heterocycles. The maximum Gasteiger partial charge on any atom is 0.332 e. The molecule has 0 spiro atoms. The predicted octanol–water partition coefficient (Wildman–Crippen LogP) is 1.08. The average Bonchev–Trinajstić information content (AvgIpc) is 2.99. The Hall–Kier alpha value is -2.83. The van der Waals surface area contributed by atoms with Crippen molar-refractivity contribution in [3.05, 3.63) is 42.2 Å². The Bertz CT molecular complexity index is 653. The molecule has 102 valence electrons. The zero-order valence-corrected chi connectivity index (χ0v) is 10.5. The quantitative estimate of drug-likeness (QED) is 0.818. The SMILES string of the molecule is O=C1CN(Cc2cccc(O)c2)C(=O)N1c1cn[nH]c1. The topological polar surface area (TPSA) is 89.5 Å². The monoisotopic (exact) mass is 272 g/mol. The summed E-state index contributed by atoms with van der Waals surface area (Å²) < 4.78 is 0. The first-order valence-electron chi connectivity index (χ1n) is 6.04. The molecule has 1 aromatic heterocycles. The van der Waals surface area contributed by atoms with Crippen LogP contribution < -0.4 is 4.90 Å². The van der Waals surface area contributed by atoms with Crippen LogP contribution in [0, 0.1) is 0 Å². The Morgan fingerprint density at radius 3 is 2.90 bits per heavy atom. The summed E-state index contributed by atoms with van der Waals surface area (Å²) in [6.45, 7) is 0.285. The number of hydrogen-bond donors (Lipinski definition) is 2. The Kier molecular flexibility index (Phi) is 2.86. The number of carbonyl (C=O) groups is 2. The largest absolute Gasteiger partial charge is 0.508 e. The van der Waals surface area contributed by atoms with Crippen molar-refractivity contribution in [1.29, 1.82) is 0 Å². The maximum absolute atomic E-state index is 12.2. The molecule has 7 heteroatoms. The molecule has 2 aromatic rings. The highest BCUT2D eigenvalue weighted by molar-refractivity contribution is 6.19. The van der Waals surface area contributed by atoms with E-state index >= 15 is 0 Å². The second-order valence-corrected chi connectivity index (χ2v) is 4.49. The number of rotatable bonds is 3. The van der Waals surface area contributed by atoms with Gasteiger partial charge in [-0.1, -0.05) is 12.1 Å². The Morgan fingerprint density at radius 2 is 2.20 bits per heavy atom. The van der Waals surface area contributed by atoms with Crippen LogP contribution in [0.5, 0.6) is 5.75 Å². The van der Waals surface area contributed by atoms with Crippen LogP contribution in [0.4, 0.5) is 10.5 Å². The van der Waals surface area contributed by atoms with E-state index in [0.717, 1.165) is 10.5 Å². The van der Waals surface area contributed by atoms with Gasteiger partial charge in [0.05, 0.1) is 11.9 Å². The van der Waals surface area contributed by atoms with Crippen LogP contribution in [0.15, 0.2) is 36.7 Å². The minimum atomic E-state index is -0.389. The normalized spacial score (nSPS) is 15.2. The van der Waals surface area contributed by atoms with Gasteiger partial charge in [0.2, 0.25) is 0 Å². The van der Waals surface area contributed by atoms with Gasteiger partial charge in [-0.2, -0.15) is 5.10 Å². The number of hydrogen-bond acceptors (Lipinski definition) is 4. The Labute approximate surface area is 114 Å². The van der Waals surface area contributed by atoms with E-state index in [4.69, 9.17) is 0 Å². The molecule has 20 heavy (non-hydrogen) atoms. The number of imide groups is 1. The van der Waals surface area contributed by atoms with Crippen molar-refractivity contribution < 1.29 is 14.7 Å². The molecule has 0 unspecified atom stereocenters. The molecule has 0 saturated carbocycles. The van der Waals surface area contributed by atoms with Gasteiger partial charge in [0.25, 0.3) is 5.91 Å². The highest BCUT2D eigenvalue weighted by atomic mass is 16.3. The van der Waals surface area contributed by atoms with Gasteiger partial charge in [-0.25, -0.2) is 9.69 Å². The van der Waals surface area contributed by atoms with E-state index in [1.165, 1.54) is 17.3 Å². The first kappa shape index (κ1) is 12.2. The third kappa shape index (κ3) is 2.09. The lowest BCUT2D eigenvalue weighted by molar-refractivity contribution is -0.116. The number of nitrogens with zero attached hydrogens (tertiary/aromatic N) is 3. The first-order chi connectivity index (χ1) is 9.65. The van der Waals surface area contributed by atoms with E-state index in [-0.39, 0.29) is 30.8 Å². The van der Waals surface area contributed by atoms with Crippen LogP contribution >= 0.6 is 0 Å². The fourth-order valence-corrected chi connectivity index (χ4v) is 2.17.